The van der Waals surface area contributed by atoms with Crippen LogP contribution in [0.2, 0.25) is 0 Å². The molecule has 1 saturated heterocycles. The molecule has 2 aromatic rings. The smallest absolute Gasteiger partial charge is 0.306 e. The Balaban J connectivity index is 1.62. The van der Waals surface area contributed by atoms with E-state index in [1.54, 1.807) is 0 Å². The standard InChI is InChI=1S/C21H22O4/c22-20(23)17-11-13-21(14-12-17)24-18(15-7-3-1-4-8-15)19(25-21)16-9-5-2-6-10-16/h1-10,17-19H,11-14H2,(H,22,23)/t18-,19-/m0/s1. The number of carboxylic acids is 1. The summed E-state index contributed by atoms with van der Waals surface area (Å²) in [5.74, 6) is -1.68. The summed E-state index contributed by atoms with van der Waals surface area (Å²) >= 11 is 0. The average Bonchev–Trinajstić information content (AvgIpc) is 3.03. The first-order valence-corrected chi connectivity index (χ1v) is 8.85. The molecule has 4 nitrogen and oxygen atoms in total. The Kier molecular flexibility index (Phi) is 4.32. The molecule has 2 fully saturated rings. The Morgan fingerprint density at radius 3 is 1.68 bits per heavy atom. The van der Waals surface area contributed by atoms with E-state index in [2.05, 4.69) is 24.3 Å². The summed E-state index contributed by atoms with van der Waals surface area (Å²) < 4.78 is 12.9. The third-order valence-corrected chi connectivity index (χ3v) is 5.31. The highest BCUT2D eigenvalue weighted by Crippen LogP contribution is 2.52. The molecule has 1 heterocycles. The number of ether oxygens (including phenoxy) is 2. The van der Waals surface area contributed by atoms with Gasteiger partial charge >= 0.3 is 5.97 Å². The van der Waals surface area contributed by atoms with Crippen LogP contribution >= 0.6 is 0 Å². The summed E-state index contributed by atoms with van der Waals surface area (Å²) in [5, 5.41) is 9.25. The Morgan fingerprint density at radius 2 is 1.28 bits per heavy atom. The second kappa shape index (κ2) is 6.62. The largest absolute Gasteiger partial charge is 0.481 e. The lowest BCUT2D eigenvalue weighted by molar-refractivity contribution is -0.202. The molecule has 0 radical (unpaired) electrons. The summed E-state index contributed by atoms with van der Waals surface area (Å²) in [4.78, 5) is 11.2. The number of hydrogen-bond donors (Lipinski definition) is 1. The van der Waals surface area contributed by atoms with Crippen LogP contribution in [0, 0.1) is 5.92 Å². The zero-order chi connectivity index (χ0) is 17.3. The van der Waals surface area contributed by atoms with Gasteiger partial charge in [-0.05, 0) is 24.0 Å². The van der Waals surface area contributed by atoms with Crippen LogP contribution in [0.1, 0.15) is 49.0 Å². The van der Waals surface area contributed by atoms with Crippen molar-refractivity contribution in [1.82, 2.24) is 0 Å². The van der Waals surface area contributed by atoms with Gasteiger partial charge in [-0.2, -0.15) is 0 Å². The van der Waals surface area contributed by atoms with Crippen molar-refractivity contribution in [2.75, 3.05) is 0 Å². The number of aliphatic carboxylic acids is 1. The third-order valence-electron chi connectivity index (χ3n) is 5.31. The Labute approximate surface area is 147 Å². The molecule has 25 heavy (non-hydrogen) atoms. The fourth-order valence-electron chi connectivity index (χ4n) is 3.93. The summed E-state index contributed by atoms with van der Waals surface area (Å²) in [6, 6.07) is 20.3. The third kappa shape index (κ3) is 3.20. The predicted molar refractivity (Wildman–Crippen MR) is 92.9 cm³/mol. The Morgan fingerprint density at radius 1 is 0.840 bits per heavy atom. The number of benzene rings is 2. The van der Waals surface area contributed by atoms with Crippen molar-refractivity contribution in [3.8, 4) is 0 Å². The van der Waals surface area contributed by atoms with Crippen LogP contribution in [0.15, 0.2) is 60.7 Å². The minimum atomic E-state index is -0.716. The number of carboxylic acid groups (broad SMARTS) is 1. The van der Waals surface area contributed by atoms with Crippen molar-refractivity contribution in [1.29, 1.82) is 0 Å². The van der Waals surface area contributed by atoms with E-state index in [0.29, 0.717) is 25.7 Å². The molecule has 2 aromatic carbocycles. The molecule has 0 unspecified atom stereocenters. The maximum atomic E-state index is 11.2. The molecule has 1 N–H and O–H groups in total. The Bertz CT molecular complexity index is 671. The molecule has 2 atom stereocenters. The fraction of sp³-hybridized carbons (Fsp3) is 0.381. The van der Waals surface area contributed by atoms with E-state index in [0.717, 1.165) is 11.1 Å². The molecular formula is C21H22O4. The lowest BCUT2D eigenvalue weighted by Gasteiger charge is -2.34. The van der Waals surface area contributed by atoms with Gasteiger partial charge in [0.1, 0.15) is 12.2 Å². The van der Waals surface area contributed by atoms with Crippen LogP contribution < -0.4 is 0 Å². The van der Waals surface area contributed by atoms with E-state index in [1.165, 1.54) is 0 Å². The van der Waals surface area contributed by atoms with Crippen LogP contribution in [0.5, 0.6) is 0 Å². The molecule has 0 bridgehead atoms. The van der Waals surface area contributed by atoms with E-state index in [1.807, 2.05) is 36.4 Å². The molecule has 2 aliphatic rings. The SMILES string of the molecule is O=C(O)C1CCC2(CC1)O[C@@H](c1ccccc1)[C@H](c1ccccc1)O2. The van der Waals surface area contributed by atoms with Gasteiger partial charge < -0.3 is 14.6 Å². The highest BCUT2D eigenvalue weighted by Gasteiger charge is 2.50. The van der Waals surface area contributed by atoms with Crippen molar-refractivity contribution >= 4 is 5.97 Å². The van der Waals surface area contributed by atoms with E-state index >= 15 is 0 Å². The molecule has 1 aliphatic heterocycles. The lowest BCUT2D eigenvalue weighted by atomic mass is 9.85. The summed E-state index contributed by atoms with van der Waals surface area (Å²) in [5.41, 5.74) is 2.18. The maximum absolute atomic E-state index is 11.2. The maximum Gasteiger partial charge on any atom is 0.306 e. The fourth-order valence-corrected chi connectivity index (χ4v) is 3.93. The van der Waals surface area contributed by atoms with Crippen LogP contribution in [-0.4, -0.2) is 16.9 Å². The van der Waals surface area contributed by atoms with Gasteiger partial charge in [-0.3, -0.25) is 4.79 Å². The van der Waals surface area contributed by atoms with Gasteiger partial charge in [0.25, 0.3) is 0 Å². The minimum Gasteiger partial charge on any atom is -0.481 e. The Hall–Kier alpha value is -2.17. The average molecular weight is 338 g/mol. The van der Waals surface area contributed by atoms with Crippen LogP contribution in [0.3, 0.4) is 0 Å². The second-order valence-electron chi connectivity index (χ2n) is 6.92. The molecular weight excluding hydrogens is 316 g/mol. The van der Waals surface area contributed by atoms with Crippen molar-refractivity contribution < 1.29 is 19.4 Å². The molecule has 1 aliphatic carbocycles. The minimum absolute atomic E-state index is 0.176. The molecule has 4 heteroatoms. The first-order valence-electron chi connectivity index (χ1n) is 8.85. The van der Waals surface area contributed by atoms with Gasteiger partial charge in [0.15, 0.2) is 5.79 Å². The normalized spacial score (nSPS) is 25.9. The first kappa shape index (κ1) is 16.3. The molecule has 0 aromatic heterocycles. The van der Waals surface area contributed by atoms with E-state index < -0.39 is 11.8 Å². The summed E-state index contributed by atoms with van der Waals surface area (Å²) in [6.45, 7) is 0. The van der Waals surface area contributed by atoms with Gasteiger partial charge in [0, 0.05) is 12.8 Å². The molecule has 1 saturated carbocycles. The van der Waals surface area contributed by atoms with E-state index in [4.69, 9.17) is 9.47 Å². The molecule has 1 spiro atoms. The zero-order valence-corrected chi connectivity index (χ0v) is 14.0. The quantitative estimate of drug-likeness (QED) is 0.896. The van der Waals surface area contributed by atoms with Crippen LogP contribution in [0.4, 0.5) is 0 Å². The van der Waals surface area contributed by atoms with Crippen LogP contribution in [0.25, 0.3) is 0 Å². The monoisotopic (exact) mass is 338 g/mol. The zero-order valence-electron chi connectivity index (χ0n) is 14.0. The van der Waals surface area contributed by atoms with Gasteiger partial charge in [-0.15, -0.1) is 0 Å². The van der Waals surface area contributed by atoms with E-state index in [-0.39, 0.29) is 18.1 Å². The number of carbonyl (C=O) groups is 1. The predicted octanol–water partition coefficient (Wildman–Crippen LogP) is 4.49. The molecule has 0 amide bonds. The van der Waals surface area contributed by atoms with Gasteiger partial charge in [0.05, 0.1) is 5.92 Å². The lowest BCUT2D eigenvalue weighted by Crippen LogP contribution is -2.37. The topological polar surface area (TPSA) is 55.8 Å². The number of hydrogen-bond acceptors (Lipinski definition) is 3. The highest BCUT2D eigenvalue weighted by molar-refractivity contribution is 5.70. The summed E-state index contributed by atoms with van der Waals surface area (Å²) in [7, 11) is 0. The van der Waals surface area contributed by atoms with Crippen molar-refractivity contribution in [3.63, 3.8) is 0 Å². The number of rotatable bonds is 3. The van der Waals surface area contributed by atoms with Crippen molar-refractivity contribution in [3.05, 3.63) is 71.8 Å². The van der Waals surface area contributed by atoms with Gasteiger partial charge in [0.2, 0.25) is 0 Å². The van der Waals surface area contributed by atoms with Crippen molar-refractivity contribution in [2.24, 2.45) is 5.92 Å². The van der Waals surface area contributed by atoms with Crippen molar-refractivity contribution in [2.45, 2.75) is 43.7 Å². The van der Waals surface area contributed by atoms with Gasteiger partial charge in [-0.25, -0.2) is 0 Å². The first-order chi connectivity index (χ1) is 12.2. The van der Waals surface area contributed by atoms with Crippen LogP contribution in [-0.2, 0) is 14.3 Å². The van der Waals surface area contributed by atoms with E-state index in [9.17, 15) is 9.90 Å². The second-order valence-corrected chi connectivity index (χ2v) is 6.92. The highest BCUT2D eigenvalue weighted by atomic mass is 16.8. The molecule has 4 rings (SSSR count). The summed E-state index contributed by atoms with van der Waals surface area (Å²) in [6.07, 6.45) is 2.08. The van der Waals surface area contributed by atoms with Gasteiger partial charge in [-0.1, -0.05) is 60.7 Å². The molecule has 130 valence electrons.